The maximum atomic E-state index is 5.98. The molecule has 0 fully saturated rings. The van der Waals surface area contributed by atoms with Crippen LogP contribution in [0.25, 0.3) is 10.1 Å². The Hall–Kier alpha value is -0.290. The van der Waals surface area contributed by atoms with E-state index >= 15 is 0 Å². The van der Waals surface area contributed by atoms with Crippen LogP contribution in [0.15, 0.2) is 17.5 Å². The van der Waals surface area contributed by atoms with Crippen LogP contribution in [0.4, 0.5) is 5.69 Å². The third kappa shape index (κ3) is 1.55. The standard InChI is InChI=1S/C10H10INS/c1-2-6-3-8(12)10-7(11)5-13-9(10)4-6/h3-5H,2,12H2,1H3. The Morgan fingerprint density at radius 3 is 2.92 bits per heavy atom. The van der Waals surface area contributed by atoms with E-state index in [-0.39, 0.29) is 0 Å². The fourth-order valence-corrected chi connectivity index (χ4v) is 3.50. The van der Waals surface area contributed by atoms with Crippen LogP contribution in [-0.2, 0) is 6.42 Å². The van der Waals surface area contributed by atoms with E-state index in [2.05, 4.69) is 47.0 Å². The molecule has 3 heteroatoms. The number of fused-ring (bicyclic) bond motifs is 1. The minimum Gasteiger partial charge on any atom is -0.398 e. The van der Waals surface area contributed by atoms with Gasteiger partial charge in [0.25, 0.3) is 0 Å². The summed E-state index contributed by atoms with van der Waals surface area (Å²) >= 11 is 4.10. The van der Waals surface area contributed by atoms with Crippen LogP contribution in [0.2, 0.25) is 0 Å². The average Bonchev–Trinajstić information content (AvgIpc) is 2.48. The van der Waals surface area contributed by atoms with Gasteiger partial charge in [0.05, 0.1) is 0 Å². The first-order chi connectivity index (χ1) is 6.22. The van der Waals surface area contributed by atoms with Crippen LogP contribution in [0.1, 0.15) is 12.5 Å². The lowest BCUT2D eigenvalue weighted by Crippen LogP contribution is -1.89. The highest BCUT2D eigenvalue weighted by molar-refractivity contribution is 14.1. The maximum absolute atomic E-state index is 5.98. The summed E-state index contributed by atoms with van der Waals surface area (Å²) in [6.45, 7) is 2.15. The van der Waals surface area contributed by atoms with Crippen LogP contribution >= 0.6 is 33.9 Å². The quantitative estimate of drug-likeness (QED) is 0.631. The van der Waals surface area contributed by atoms with E-state index in [1.165, 1.54) is 19.2 Å². The van der Waals surface area contributed by atoms with E-state index < -0.39 is 0 Å². The number of thiophene rings is 1. The molecule has 0 radical (unpaired) electrons. The summed E-state index contributed by atoms with van der Waals surface area (Å²) in [4.78, 5) is 0. The molecular formula is C10H10INS. The van der Waals surface area contributed by atoms with Crippen molar-refractivity contribution in [3.8, 4) is 0 Å². The molecule has 13 heavy (non-hydrogen) atoms. The van der Waals surface area contributed by atoms with Gasteiger partial charge in [-0.3, -0.25) is 0 Å². The number of hydrogen-bond acceptors (Lipinski definition) is 2. The Kier molecular flexibility index (Phi) is 2.47. The van der Waals surface area contributed by atoms with Crippen molar-refractivity contribution in [2.75, 3.05) is 5.73 Å². The van der Waals surface area contributed by atoms with E-state index in [0.29, 0.717) is 0 Å². The zero-order valence-electron chi connectivity index (χ0n) is 7.30. The van der Waals surface area contributed by atoms with Gasteiger partial charge in [-0.2, -0.15) is 0 Å². The van der Waals surface area contributed by atoms with Crippen LogP contribution in [-0.4, -0.2) is 0 Å². The smallest absolute Gasteiger partial charge is 0.0415 e. The average molecular weight is 303 g/mol. The Labute approximate surface area is 95.1 Å². The first kappa shape index (κ1) is 9.27. The summed E-state index contributed by atoms with van der Waals surface area (Å²) in [6.07, 6.45) is 1.05. The number of aryl methyl sites for hydroxylation is 1. The first-order valence-corrected chi connectivity index (χ1v) is 6.13. The second-order valence-corrected chi connectivity index (χ2v) is 5.07. The van der Waals surface area contributed by atoms with Crippen molar-refractivity contribution < 1.29 is 0 Å². The normalized spacial score (nSPS) is 10.9. The number of benzene rings is 1. The van der Waals surface area contributed by atoms with Gasteiger partial charge in [-0.25, -0.2) is 0 Å². The number of halogens is 1. The van der Waals surface area contributed by atoms with Crippen molar-refractivity contribution in [3.05, 3.63) is 26.6 Å². The predicted octanol–water partition coefficient (Wildman–Crippen LogP) is 3.65. The van der Waals surface area contributed by atoms with Gasteiger partial charge in [-0.1, -0.05) is 6.92 Å². The number of nitrogens with two attached hydrogens (primary N) is 1. The monoisotopic (exact) mass is 303 g/mol. The highest BCUT2D eigenvalue weighted by Gasteiger charge is 2.05. The van der Waals surface area contributed by atoms with Gasteiger partial charge < -0.3 is 5.73 Å². The second-order valence-electron chi connectivity index (χ2n) is 3.00. The third-order valence-electron chi connectivity index (χ3n) is 2.13. The van der Waals surface area contributed by atoms with E-state index in [4.69, 9.17) is 5.73 Å². The van der Waals surface area contributed by atoms with Gasteiger partial charge >= 0.3 is 0 Å². The van der Waals surface area contributed by atoms with E-state index in [9.17, 15) is 0 Å². The highest BCUT2D eigenvalue weighted by Crippen LogP contribution is 2.32. The summed E-state index contributed by atoms with van der Waals surface area (Å²) in [7, 11) is 0. The zero-order chi connectivity index (χ0) is 9.42. The molecule has 0 aliphatic carbocycles. The Morgan fingerprint density at radius 2 is 2.23 bits per heavy atom. The van der Waals surface area contributed by atoms with Crippen LogP contribution in [0.3, 0.4) is 0 Å². The molecule has 68 valence electrons. The molecule has 0 aliphatic heterocycles. The van der Waals surface area contributed by atoms with Crippen molar-refractivity contribution in [2.24, 2.45) is 0 Å². The number of rotatable bonds is 1. The van der Waals surface area contributed by atoms with Gasteiger partial charge in [0.1, 0.15) is 0 Å². The molecule has 0 amide bonds. The molecule has 1 heterocycles. The third-order valence-corrected chi connectivity index (χ3v) is 4.33. The molecule has 0 aliphatic rings. The minimum atomic E-state index is 0.917. The van der Waals surface area contributed by atoms with Crippen LogP contribution < -0.4 is 5.73 Å². The van der Waals surface area contributed by atoms with Gasteiger partial charge in [0.2, 0.25) is 0 Å². The molecule has 0 unspecified atom stereocenters. The molecule has 0 bridgehead atoms. The van der Waals surface area contributed by atoms with E-state index in [1.54, 1.807) is 11.3 Å². The lowest BCUT2D eigenvalue weighted by molar-refractivity contribution is 1.15. The molecule has 1 aromatic heterocycles. The minimum absolute atomic E-state index is 0.917. The van der Waals surface area contributed by atoms with Crippen molar-refractivity contribution in [3.63, 3.8) is 0 Å². The summed E-state index contributed by atoms with van der Waals surface area (Å²) in [5, 5.41) is 3.38. The summed E-state index contributed by atoms with van der Waals surface area (Å²) < 4.78 is 2.57. The zero-order valence-corrected chi connectivity index (χ0v) is 10.3. The van der Waals surface area contributed by atoms with Crippen molar-refractivity contribution in [1.29, 1.82) is 0 Å². The van der Waals surface area contributed by atoms with Crippen molar-refractivity contribution >= 4 is 49.7 Å². The maximum Gasteiger partial charge on any atom is 0.0415 e. The van der Waals surface area contributed by atoms with Gasteiger partial charge in [-0.15, -0.1) is 11.3 Å². The number of hydrogen-bond donors (Lipinski definition) is 1. The molecule has 0 saturated carbocycles. The largest absolute Gasteiger partial charge is 0.398 e. The predicted molar refractivity (Wildman–Crippen MR) is 68.3 cm³/mol. The first-order valence-electron chi connectivity index (χ1n) is 4.17. The van der Waals surface area contributed by atoms with Crippen LogP contribution in [0.5, 0.6) is 0 Å². The van der Waals surface area contributed by atoms with Crippen molar-refractivity contribution in [2.45, 2.75) is 13.3 Å². The second kappa shape index (κ2) is 3.46. The molecular weight excluding hydrogens is 293 g/mol. The Bertz CT molecular complexity index is 447. The Morgan fingerprint density at radius 1 is 1.46 bits per heavy atom. The van der Waals surface area contributed by atoms with E-state index in [1.807, 2.05) is 0 Å². The summed E-state index contributed by atoms with van der Waals surface area (Å²) in [5.74, 6) is 0. The van der Waals surface area contributed by atoms with Gasteiger partial charge in [-0.05, 0) is 46.7 Å². The SMILES string of the molecule is CCc1cc(N)c2c(I)csc2c1. The molecule has 2 N–H and O–H groups in total. The molecule has 0 atom stereocenters. The molecule has 1 nitrogen and oxygen atoms in total. The van der Waals surface area contributed by atoms with Crippen molar-refractivity contribution in [1.82, 2.24) is 0 Å². The molecule has 0 saturated heterocycles. The van der Waals surface area contributed by atoms with E-state index in [0.717, 1.165) is 12.1 Å². The van der Waals surface area contributed by atoms with Gasteiger partial charge in [0.15, 0.2) is 0 Å². The highest BCUT2D eigenvalue weighted by atomic mass is 127. The van der Waals surface area contributed by atoms with Gasteiger partial charge in [0, 0.05) is 24.7 Å². The summed E-state index contributed by atoms with van der Waals surface area (Å²) in [5.41, 5.74) is 8.22. The van der Waals surface area contributed by atoms with Crippen LogP contribution in [0, 0.1) is 3.57 Å². The topological polar surface area (TPSA) is 26.0 Å². The molecule has 1 aromatic carbocycles. The fourth-order valence-electron chi connectivity index (χ4n) is 1.42. The Balaban J connectivity index is 2.79. The lowest BCUT2D eigenvalue weighted by Gasteiger charge is -2.01. The molecule has 2 rings (SSSR count). The fraction of sp³-hybridized carbons (Fsp3) is 0.200. The lowest BCUT2D eigenvalue weighted by atomic mass is 10.1. The number of anilines is 1. The number of nitrogen functional groups attached to an aromatic ring is 1. The molecule has 0 spiro atoms. The molecule has 2 aromatic rings. The summed E-state index contributed by atoms with van der Waals surface area (Å²) in [6, 6.07) is 4.32.